The Morgan fingerprint density at radius 2 is 1.91 bits per heavy atom. The highest BCUT2D eigenvalue weighted by molar-refractivity contribution is 7.92. The summed E-state index contributed by atoms with van der Waals surface area (Å²) < 4.78 is 32.2. The van der Waals surface area contributed by atoms with E-state index in [4.69, 9.17) is 4.74 Å². The van der Waals surface area contributed by atoms with Crippen molar-refractivity contribution >= 4 is 15.7 Å². The summed E-state index contributed by atoms with van der Waals surface area (Å²) in [6, 6.07) is 8.00. The number of nitrogens with one attached hydrogen (secondary N) is 1. The number of rotatable bonds is 11. The molecule has 1 heterocycles. The number of hydrogen-bond acceptors (Lipinski definition) is 5. The molecule has 0 radical (unpaired) electrons. The second-order valence-corrected chi connectivity index (χ2v) is 12.1. The zero-order valence-corrected chi connectivity index (χ0v) is 20.5. The Morgan fingerprint density at radius 1 is 1.19 bits per heavy atom. The predicted molar refractivity (Wildman–Crippen MR) is 128 cm³/mol. The molecule has 2 aliphatic carbocycles. The summed E-state index contributed by atoms with van der Waals surface area (Å²) in [6.45, 7) is 5.75. The van der Waals surface area contributed by atoms with Crippen molar-refractivity contribution in [3.05, 3.63) is 29.8 Å². The topological polar surface area (TPSA) is 78.9 Å². The van der Waals surface area contributed by atoms with Crippen LogP contribution in [-0.4, -0.2) is 63.1 Å². The molecule has 2 saturated carbocycles. The van der Waals surface area contributed by atoms with Crippen molar-refractivity contribution in [2.45, 2.75) is 69.3 Å². The summed E-state index contributed by atoms with van der Waals surface area (Å²) in [7, 11) is -1.89. The van der Waals surface area contributed by atoms with Crippen LogP contribution in [-0.2, 0) is 20.2 Å². The van der Waals surface area contributed by atoms with Crippen LogP contribution in [0.5, 0.6) is 0 Å². The van der Waals surface area contributed by atoms with E-state index in [1.165, 1.54) is 31.9 Å². The first-order valence-electron chi connectivity index (χ1n) is 12.4. The minimum atomic E-state index is -3.40. The highest BCUT2D eigenvalue weighted by atomic mass is 32.2. The third-order valence-corrected chi connectivity index (χ3v) is 9.58. The van der Waals surface area contributed by atoms with Crippen LogP contribution in [0.2, 0.25) is 0 Å². The quantitative estimate of drug-likeness (QED) is 0.521. The minimum absolute atomic E-state index is 0.0397. The van der Waals surface area contributed by atoms with Gasteiger partial charge in [0.15, 0.2) is 0 Å². The van der Waals surface area contributed by atoms with Crippen LogP contribution in [0.15, 0.2) is 24.3 Å². The van der Waals surface area contributed by atoms with E-state index in [0.717, 1.165) is 51.7 Å². The fourth-order valence-electron chi connectivity index (χ4n) is 6.54. The Kier molecular flexibility index (Phi) is 7.20. The van der Waals surface area contributed by atoms with Gasteiger partial charge in [-0.3, -0.25) is 4.72 Å². The van der Waals surface area contributed by atoms with Crippen LogP contribution in [0.4, 0.5) is 5.69 Å². The lowest BCUT2D eigenvalue weighted by Crippen LogP contribution is -2.34. The average Bonchev–Trinajstić information content (AvgIpc) is 3.15. The molecule has 1 aromatic carbocycles. The number of piperidine rings is 1. The molecule has 4 rings (SSSR count). The number of benzene rings is 1. The number of aliphatic hydroxyl groups is 1. The molecule has 32 heavy (non-hydrogen) atoms. The predicted octanol–water partition coefficient (Wildman–Crippen LogP) is 3.76. The molecule has 2 unspecified atom stereocenters. The van der Waals surface area contributed by atoms with Gasteiger partial charge in [0.1, 0.15) is 0 Å². The third-order valence-electron chi connectivity index (χ3n) is 8.33. The molecular formula is C25H40N2O4S. The van der Waals surface area contributed by atoms with Gasteiger partial charge in [-0.2, -0.15) is 0 Å². The van der Waals surface area contributed by atoms with Crippen molar-refractivity contribution in [3.8, 4) is 0 Å². The molecule has 7 heteroatoms. The van der Waals surface area contributed by atoms with Gasteiger partial charge in [-0.15, -0.1) is 0 Å². The van der Waals surface area contributed by atoms with Crippen molar-refractivity contribution < 1.29 is 18.3 Å². The molecule has 3 aliphatic rings. The summed E-state index contributed by atoms with van der Waals surface area (Å²) in [5, 5.41) is 10.8. The van der Waals surface area contributed by atoms with Gasteiger partial charge in [0.2, 0.25) is 10.0 Å². The van der Waals surface area contributed by atoms with Crippen LogP contribution in [0, 0.1) is 11.8 Å². The summed E-state index contributed by atoms with van der Waals surface area (Å²) in [6.07, 6.45) is 8.65. The van der Waals surface area contributed by atoms with Gasteiger partial charge < -0.3 is 14.7 Å². The maximum atomic E-state index is 12.3. The number of fused-ring (bicyclic) bond motifs is 1. The van der Waals surface area contributed by atoms with Gasteiger partial charge in [0.05, 0.1) is 18.0 Å². The summed E-state index contributed by atoms with van der Waals surface area (Å²) in [5.74, 6) is 1.25. The second-order valence-electron chi connectivity index (χ2n) is 10.2. The van der Waals surface area contributed by atoms with Crippen LogP contribution in [0.1, 0.15) is 63.9 Å². The van der Waals surface area contributed by atoms with Crippen LogP contribution in [0.25, 0.3) is 0 Å². The third kappa shape index (κ3) is 5.01. The first-order chi connectivity index (χ1) is 15.3. The molecule has 0 aromatic heterocycles. The zero-order chi connectivity index (χ0) is 22.8. The van der Waals surface area contributed by atoms with E-state index < -0.39 is 15.6 Å². The molecule has 1 saturated heterocycles. The molecule has 3 fully saturated rings. The van der Waals surface area contributed by atoms with E-state index in [2.05, 4.69) is 22.6 Å². The first-order valence-corrected chi connectivity index (χ1v) is 14.0. The molecule has 1 aromatic rings. The SMILES string of the molecule is CCC1(c2cccc(NS(=O)(=O)CCOC)c2)C2CN(CCCC3(O)CCCCC3)CC21. The van der Waals surface area contributed by atoms with Gasteiger partial charge in [0.25, 0.3) is 0 Å². The molecule has 1 aliphatic heterocycles. The van der Waals surface area contributed by atoms with E-state index in [1.54, 1.807) is 0 Å². The van der Waals surface area contributed by atoms with Crippen LogP contribution >= 0.6 is 0 Å². The van der Waals surface area contributed by atoms with Gasteiger partial charge in [-0.05, 0) is 68.2 Å². The lowest BCUT2D eigenvalue weighted by Gasteiger charge is -2.33. The number of nitrogens with zero attached hydrogens (tertiary/aromatic N) is 1. The fourth-order valence-corrected chi connectivity index (χ4v) is 7.52. The maximum Gasteiger partial charge on any atom is 0.234 e. The Balaban J connectivity index is 1.33. The second kappa shape index (κ2) is 9.61. The van der Waals surface area contributed by atoms with Crippen molar-refractivity contribution in [2.75, 3.05) is 43.8 Å². The lowest BCUT2D eigenvalue weighted by atomic mass is 9.81. The summed E-state index contributed by atoms with van der Waals surface area (Å²) >= 11 is 0. The van der Waals surface area contributed by atoms with E-state index in [-0.39, 0.29) is 17.8 Å². The van der Waals surface area contributed by atoms with Crippen molar-refractivity contribution in [2.24, 2.45) is 11.8 Å². The number of anilines is 1. The molecule has 0 spiro atoms. The molecule has 2 N–H and O–H groups in total. The van der Waals surface area contributed by atoms with E-state index in [9.17, 15) is 13.5 Å². The normalized spacial score (nSPS) is 29.6. The van der Waals surface area contributed by atoms with Gasteiger partial charge in [-0.25, -0.2) is 8.42 Å². The standard InChI is InChI=1S/C25H40N2O4S/c1-3-25(20-9-7-10-21(17-20)26-32(29,30)16-15-31-2)22-18-27(19-23(22)25)14-8-13-24(28)11-5-4-6-12-24/h7,9-10,17,22-23,26,28H,3-6,8,11-16,18-19H2,1-2H3. The highest BCUT2D eigenvalue weighted by Gasteiger charge is 2.67. The maximum absolute atomic E-state index is 12.3. The van der Waals surface area contributed by atoms with Gasteiger partial charge in [0, 0.05) is 31.3 Å². The monoisotopic (exact) mass is 464 g/mol. The minimum Gasteiger partial charge on any atom is -0.390 e. The number of sulfonamides is 1. The average molecular weight is 465 g/mol. The summed E-state index contributed by atoms with van der Waals surface area (Å²) in [5.41, 5.74) is 1.67. The van der Waals surface area contributed by atoms with E-state index >= 15 is 0 Å². The largest absolute Gasteiger partial charge is 0.390 e. The Labute approximate surface area is 193 Å². The Morgan fingerprint density at radius 3 is 2.56 bits per heavy atom. The van der Waals surface area contributed by atoms with Crippen LogP contribution < -0.4 is 4.72 Å². The molecule has 0 amide bonds. The van der Waals surface area contributed by atoms with Gasteiger partial charge in [-0.1, -0.05) is 38.3 Å². The molecule has 0 bridgehead atoms. The summed E-state index contributed by atoms with van der Waals surface area (Å²) in [4.78, 5) is 2.58. The number of ether oxygens (including phenoxy) is 1. The van der Waals surface area contributed by atoms with Crippen molar-refractivity contribution in [1.29, 1.82) is 0 Å². The molecule has 6 nitrogen and oxygen atoms in total. The van der Waals surface area contributed by atoms with Crippen LogP contribution in [0.3, 0.4) is 0 Å². The Hall–Kier alpha value is -1.15. The molecule has 180 valence electrons. The Bertz CT molecular complexity index is 870. The number of hydrogen-bond donors (Lipinski definition) is 2. The highest BCUT2D eigenvalue weighted by Crippen LogP contribution is 2.65. The van der Waals surface area contributed by atoms with Crippen molar-refractivity contribution in [3.63, 3.8) is 0 Å². The number of likely N-dealkylation sites (tertiary alicyclic amines) is 1. The first kappa shape index (κ1) is 24.0. The van der Waals surface area contributed by atoms with E-state index in [1.807, 2.05) is 18.2 Å². The van der Waals surface area contributed by atoms with Gasteiger partial charge >= 0.3 is 0 Å². The molecule has 2 atom stereocenters. The van der Waals surface area contributed by atoms with Crippen molar-refractivity contribution in [1.82, 2.24) is 4.90 Å². The molecular weight excluding hydrogens is 424 g/mol. The number of methoxy groups -OCH3 is 1. The fraction of sp³-hybridized carbons (Fsp3) is 0.760. The zero-order valence-electron chi connectivity index (χ0n) is 19.7. The lowest BCUT2D eigenvalue weighted by molar-refractivity contribution is -0.00722. The smallest absolute Gasteiger partial charge is 0.234 e. The van der Waals surface area contributed by atoms with E-state index in [0.29, 0.717) is 17.5 Å².